The van der Waals surface area contributed by atoms with Crippen LogP contribution in [-0.4, -0.2) is 24.9 Å². The summed E-state index contributed by atoms with van der Waals surface area (Å²) in [6.07, 6.45) is 4.09. The Balaban J connectivity index is 1.53. The summed E-state index contributed by atoms with van der Waals surface area (Å²) in [7, 11) is 0. The predicted molar refractivity (Wildman–Crippen MR) is 136 cm³/mol. The van der Waals surface area contributed by atoms with E-state index >= 15 is 0 Å². The Hall–Kier alpha value is -2.90. The van der Waals surface area contributed by atoms with E-state index in [9.17, 15) is 4.79 Å². The molecule has 1 aliphatic carbocycles. The van der Waals surface area contributed by atoms with Crippen molar-refractivity contribution >= 4 is 39.1 Å². The largest absolute Gasteiger partial charge is 0.268 e. The molecule has 0 N–H and O–H groups in total. The van der Waals surface area contributed by atoms with Crippen molar-refractivity contribution in [3.63, 3.8) is 0 Å². The summed E-state index contributed by atoms with van der Waals surface area (Å²) in [6.45, 7) is 2.30. The van der Waals surface area contributed by atoms with Gasteiger partial charge in [-0.05, 0) is 54.9 Å². The van der Waals surface area contributed by atoms with Gasteiger partial charge in [-0.1, -0.05) is 67.2 Å². The third-order valence-electron chi connectivity index (χ3n) is 6.41. The summed E-state index contributed by atoms with van der Waals surface area (Å²) >= 11 is 3.46. The monoisotopic (exact) mass is 472 g/mol. The van der Waals surface area contributed by atoms with Gasteiger partial charge in [-0.2, -0.15) is 0 Å². The molecule has 166 valence electrons. The molecule has 5 nitrogen and oxygen atoms in total. The lowest BCUT2D eigenvalue weighted by Gasteiger charge is -2.17. The van der Waals surface area contributed by atoms with Crippen LogP contribution in [0.5, 0.6) is 0 Å². The zero-order valence-corrected chi connectivity index (χ0v) is 20.0. The lowest BCUT2D eigenvalue weighted by atomic mass is 9.89. The Labute approximate surface area is 200 Å². The molecule has 0 saturated carbocycles. The summed E-state index contributed by atoms with van der Waals surface area (Å²) in [4.78, 5) is 16.2. The molecule has 3 heterocycles. The van der Waals surface area contributed by atoms with Crippen LogP contribution in [0.4, 0.5) is 0 Å². The first-order valence-electron chi connectivity index (χ1n) is 11.4. The minimum atomic E-state index is 0.0176. The highest BCUT2D eigenvalue weighted by molar-refractivity contribution is 7.99. The molecule has 0 unspecified atom stereocenters. The van der Waals surface area contributed by atoms with Gasteiger partial charge >= 0.3 is 0 Å². The van der Waals surface area contributed by atoms with Gasteiger partial charge in [0.25, 0.3) is 5.56 Å². The summed E-state index contributed by atoms with van der Waals surface area (Å²) < 4.78 is 3.86. The zero-order valence-electron chi connectivity index (χ0n) is 18.4. The minimum absolute atomic E-state index is 0.0176. The first-order valence-corrected chi connectivity index (χ1v) is 13.2. The van der Waals surface area contributed by atoms with E-state index in [1.807, 2.05) is 36.4 Å². The van der Waals surface area contributed by atoms with E-state index in [4.69, 9.17) is 0 Å². The Morgan fingerprint density at radius 1 is 1.06 bits per heavy atom. The average molecular weight is 473 g/mol. The molecule has 33 heavy (non-hydrogen) atoms. The summed E-state index contributed by atoms with van der Waals surface area (Å²) in [6, 6.07) is 20.3. The first-order chi connectivity index (χ1) is 16.2. The molecular weight excluding hydrogens is 448 g/mol. The first kappa shape index (κ1) is 20.7. The van der Waals surface area contributed by atoms with Crippen LogP contribution in [0.25, 0.3) is 21.7 Å². The van der Waals surface area contributed by atoms with Gasteiger partial charge < -0.3 is 0 Å². The molecule has 0 bridgehead atoms. The quantitative estimate of drug-likeness (QED) is 0.315. The van der Waals surface area contributed by atoms with Crippen LogP contribution in [0.2, 0.25) is 0 Å². The number of aromatic nitrogens is 4. The number of nitrogens with zero attached hydrogens (tertiary/aromatic N) is 4. The number of benzene rings is 2. The fourth-order valence-corrected chi connectivity index (χ4v) is 7.19. The maximum Gasteiger partial charge on any atom is 0.268 e. The van der Waals surface area contributed by atoms with E-state index in [0.717, 1.165) is 52.5 Å². The molecule has 1 aliphatic rings. The molecule has 0 saturated heterocycles. The molecule has 0 amide bonds. The fourth-order valence-electron chi connectivity index (χ4n) is 4.71. The standard InChI is InChI=1S/C26H24N4OS2/c1-17-12-13-20-21(16-17)33-24-22(20)23(31)29(19-10-6-3-7-11-19)25-27-28-26(30(24)25)32-15-14-18-8-4-2-5-9-18/h2-11,17H,12-16H2,1H3/t17-/m1/s1. The molecule has 5 aromatic rings. The fraction of sp³-hybridized carbons (Fsp3) is 0.269. The Bertz CT molecular complexity index is 1500. The number of fused-ring (bicyclic) bond motifs is 5. The number of hydrogen-bond acceptors (Lipinski definition) is 5. The highest BCUT2D eigenvalue weighted by Crippen LogP contribution is 2.38. The van der Waals surface area contributed by atoms with E-state index in [2.05, 4.69) is 45.8 Å². The van der Waals surface area contributed by atoms with Crippen molar-refractivity contribution in [3.8, 4) is 5.69 Å². The summed E-state index contributed by atoms with van der Waals surface area (Å²) in [5.74, 6) is 2.14. The summed E-state index contributed by atoms with van der Waals surface area (Å²) in [5.41, 5.74) is 3.39. The predicted octanol–water partition coefficient (Wildman–Crippen LogP) is 5.55. The van der Waals surface area contributed by atoms with Crippen molar-refractivity contribution in [2.24, 2.45) is 5.92 Å². The lowest BCUT2D eigenvalue weighted by molar-refractivity contribution is 0.509. The van der Waals surface area contributed by atoms with Crippen LogP contribution in [0.3, 0.4) is 0 Å². The van der Waals surface area contributed by atoms with E-state index in [-0.39, 0.29) is 5.56 Å². The second-order valence-corrected chi connectivity index (χ2v) is 10.9. The third-order valence-corrected chi connectivity index (χ3v) is 8.58. The number of rotatable bonds is 5. The van der Waals surface area contributed by atoms with Crippen LogP contribution in [0.15, 0.2) is 70.6 Å². The van der Waals surface area contributed by atoms with Gasteiger partial charge in [0, 0.05) is 10.6 Å². The molecule has 3 aromatic heterocycles. The van der Waals surface area contributed by atoms with Crippen LogP contribution in [-0.2, 0) is 19.3 Å². The van der Waals surface area contributed by atoms with Crippen molar-refractivity contribution in [1.29, 1.82) is 0 Å². The molecule has 0 radical (unpaired) electrons. The second-order valence-electron chi connectivity index (χ2n) is 8.71. The normalized spacial score (nSPS) is 15.8. The minimum Gasteiger partial charge on any atom is -0.268 e. The zero-order chi connectivity index (χ0) is 22.4. The number of aryl methyl sites for hydroxylation is 2. The van der Waals surface area contributed by atoms with Crippen molar-refractivity contribution in [1.82, 2.24) is 19.2 Å². The molecule has 0 fully saturated rings. The maximum absolute atomic E-state index is 13.8. The highest BCUT2D eigenvalue weighted by atomic mass is 32.2. The Morgan fingerprint density at radius 2 is 1.82 bits per heavy atom. The molecule has 0 spiro atoms. The van der Waals surface area contributed by atoms with E-state index in [1.165, 1.54) is 16.0 Å². The molecule has 1 atom stereocenters. The van der Waals surface area contributed by atoms with Gasteiger partial charge in [0.05, 0.1) is 11.1 Å². The van der Waals surface area contributed by atoms with Crippen LogP contribution in [0.1, 0.15) is 29.3 Å². The second kappa shape index (κ2) is 8.47. The SMILES string of the molecule is C[C@@H]1CCc2c(sc3c2c(=O)n(-c2ccccc2)c2nnc(SCCc4ccccc4)n32)C1. The van der Waals surface area contributed by atoms with Crippen LogP contribution in [0, 0.1) is 5.92 Å². The van der Waals surface area contributed by atoms with E-state index in [0.29, 0.717) is 11.7 Å². The van der Waals surface area contributed by atoms with Crippen molar-refractivity contribution in [2.45, 2.75) is 37.8 Å². The van der Waals surface area contributed by atoms with Crippen LogP contribution < -0.4 is 5.56 Å². The molecular formula is C26H24N4OS2. The maximum atomic E-state index is 13.8. The molecule has 2 aromatic carbocycles. The number of para-hydroxylation sites is 1. The highest BCUT2D eigenvalue weighted by Gasteiger charge is 2.27. The molecule has 7 heteroatoms. The molecule has 6 rings (SSSR count). The summed E-state index contributed by atoms with van der Waals surface area (Å²) in [5, 5.41) is 10.8. The van der Waals surface area contributed by atoms with Gasteiger partial charge in [0.2, 0.25) is 5.78 Å². The number of hydrogen-bond donors (Lipinski definition) is 0. The smallest absolute Gasteiger partial charge is 0.268 e. The topological polar surface area (TPSA) is 52.2 Å². The number of thioether (sulfide) groups is 1. The van der Waals surface area contributed by atoms with Crippen molar-refractivity contribution < 1.29 is 0 Å². The lowest BCUT2D eigenvalue weighted by Crippen LogP contribution is -2.22. The molecule has 0 aliphatic heterocycles. The van der Waals surface area contributed by atoms with Crippen molar-refractivity contribution in [2.75, 3.05) is 5.75 Å². The van der Waals surface area contributed by atoms with Crippen LogP contribution >= 0.6 is 23.1 Å². The average Bonchev–Trinajstić information content (AvgIpc) is 3.42. The number of thiophene rings is 1. The van der Waals surface area contributed by atoms with Gasteiger partial charge in [-0.25, -0.2) is 8.97 Å². The van der Waals surface area contributed by atoms with Gasteiger partial charge in [0.1, 0.15) is 4.83 Å². The Kier molecular flexibility index (Phi) is 5.31. The van der Waals surface area contributed by atoms with Gasteiger partial charge in [-0.3, -0.25) is 4.79 Å². The Morgan fingerprint density at radius 3 is 2.61 bits per heavy atom. The van der Waals surface area contributed by atoms with E-state index in [1.54, 1.807) is 27.7 Å². The third kappa shape index (κ3) is 3.60. The van der Waals surface area contributed by atoms with Gasteiger partial charge in [-0.15, -0.1) is 21.5 Å². The van der Waals surface area contributed by atoms with Crippen molar-refractivity contribution in [3.05, 3.63) is 87.0 Å². The van der Waals surface area contributed by atoms with E-state index < -0.39 is 0 Å². The van der Waals surface area contributed by atoms with Gasteiger partial charge in [0.15, 0.2) is 5.16 Å².